The summed E-state index contributed by atoms with van der Waals surface area (Å²) >= 11 is 0. The molecule has 5 nitrogen and oxygen atoms in total. The van der Waals surface area contributed by atoms with Gasteiger partial charge in [-0.1, -0.05) is 0 Å². The number of nitrogens with one attached hydrogen (secondary N) is 1. The summed E-state index contributed by atoms with van der Waals surface area (Å²) in [4.78, 5) is 23.5. The Balaban J connectivity index is 1.85. The van der Waals surface area contributed by atoms with Crippen LogP contribution in [0.2, 0.25) is 0 Å². The number of aryl methyl sites for hydroxylation is 1. The van der Waals surface area contributed by atoms with Crippen molar-refractivity contribution < 1.29 is 18.0 Å². The van der Waals surface area contributed by atoms with E-state index in [4.69, 9.17) is 0 Å². The number of alkyl halides is 3. The number of nitrogens with zero attached hydrogens (tertiary/aromatic N) is 3. The Kier molecular flexibility index (Phi) is 4.21. The van der Waals surface area contributed by atoms with E-state index in [2.05, 4.69) is 20.3 Å². The molecule has 0 aromatic carbocycles. The number of amides is 1. The third-order valence-corrected chi connectivity index (χ3v) is 3.79. The van der Waals surface area contributed by atoms with Crippen LogP contribution in [0.4, 0.5) is 13.2 Å². The molecule has 0 radical (unpaired) electrons. The number of hydrogen-bond donors (Lipinski definition) is 1. The zero-order valence-electron chi connectivity index (χ0n) is 12.8. The Labute approximate surface area is 136 Å². The first-order chi connectivity index (χ1) is 11.3. The van der Waals surface area contributed by atoms with Crippen LogP contribution in [-0.2, 0) is 6.18 Å². The van der Waals surface area contributed by atoms with Crippen molar-refractivity contribution in [3.05, 3.63) is 53.4 Å². The van der Waals surface area contributed by atoms with Crippen molar-refractivity contribution in [3.63, 3.8) is 0 Å². The molecule has 0 unspecified atom stereocenters. The van der Waals surface area contributed by atoms with Crippen LogP contribution >= 0.6 is 0 Å². The first-order valence-corrected chi connectivity index (χ1v) is 7.48. The van der Waals surface area contributed by atoms with Crippen molar-refractivity contribution in [1.29, 1.82) is 0 Å². The van der Waals surface area contributed by atoms with E-state index in [1.807, 2.05) is 0 Å². The van der Waals surface area contributed by atoms with Gasteiger partial charge in [0.1, 0.15) is 5.69 Å². The van der Waals surface area contributed by atoms with E-state index in [1.165, 1.54) is 6.92 Å². The molecule has 1 atom stereocenters. The highest BCUT2D eigenvalue weighted by Gasteiger charge is 2.36. The quantitative estimate of drug-likeness (QED) is 0.932. The Morgan fingerprint density at radius 1 is 1.25 bits per heavy atom. The van der Waals surface area contributed by atoms with Gasteiger partial charge in [-0.25, -0.2) is 9.97 Å². The molecule has 2 aromatic rings. The molecular weight excluding hydrogens is 321 g/mol. The van der Waals surface area contributed by atoms with Gasteiger partial charge in [-0.15, -0.1) is 0 Å². The van der Waals surface area contributed by atoms with E-state index in [-0.39, 0.29) is 17.7 Å². The summed E-state index contributed by atoms with van der Waals surface area (Å²) in [5, 5.41) is 2.76. The number of carbonyl (C=O) groups excluding carboxylic acids is 1. The summed E-state index contributed by atoms with van der Waals surface area (Å²) in [6.45, 7) is 1.40. The normalized spacial score (nSPS) is 15.8. The van der Waals surface area contributed by atoms with Crippen molar-refractivity contribution >= 4 is 5.91 Å². The summed E-state index contributed by atoms with van der Waals surface area (Å²) in [5.41, 5.74) is -0.161. The molecule has 0 saturated heterocycles. The van der Waals surface area contributed by atoms with Gasteiger partial charge in [-0.2, -0.15) is 13.2 Å². The van der Waals surface area contributed by atoms with Crippen molar-refractivity contribution in [1.82, 2.24) is 20.3 Å². The number of rotatable bonds is 4. The van der Waals surface area contributed by atoms with Gasteiger partial charge in [0, 0.05) is 18.1 Å². The molecule has 0 spiro atoms. The maximum absolute atomic E-state index is 12.8. The molecule has 24 heavy (non-hydrogen) atoms. The maximum Gasteiger partial charge on any atom is 0.433 e. The van der Waals surface area contributed by atoms with Crippen molar-refractivity contribution in [3.8, 4) is 0 Å². The minimum absolute atomic E-state index is 0.0920. The molecule has 2 heterocycles. The lowest BCUT2D eigenvalue weighted by molar-refractivity contribution is -0.141. The average molecular weight is 336 g/mol. The van der Waals surface area contributed by atoms with Crippen LogP contribution in [0.25, 0.3) is 0 Å². The van der Waals surface area contributed by atoms with Gasteiger partial charge >= 0.3 is 6.18 Å². The number of carbonyl (C=O) groups is 1. The lowest BCUT2D eigenvalue weighted by Crippen LogP contribution is -2.32. The SMILES string of the molecule is Cc1cc(C(F)(F)F)nc(C(=O)N[C@H](c2ccncc2)C2CC2)n1. The molecule has 1 fully saturated rings. The monoisotopic (exact) mass is 336 g/mol. The Bertz CT molecular complexity index is 745. The van der Waals surface area contributed by atoms with Crippen LogP contribution in [0.1, 0.15) is 46.5 Å². The smallest absolute Gasteiger partial charge is 0.342 e. The molecule has 126 valence electrons. The van der Waals surface area contributed by atoms with Gasteiger partial charge in [-0.05, 0) is 49.4 Å². The number of pyridine rings is 1. The largest absolute Gasteiger partial charge is 0.433 e. The van der Waals surface area contributed by atoms with E-state index in [9.17, 15) is 18.0 Å². The second-order valence-electron chi connectivity index (χ2n) is 5.79. The molecular formula is C16H15F3N4O. The fourth-order valence-corrected chi connectivity index (χ4v) is 2.49. The van der Waals surface area contributed by atoms with Crippen LogP contribution in [0.5, 0.6) is 0 Å². The Hall–Kier alpha value is -2.51. The van der Waals surface area contributed by atoms with Crippen LogP contribution < -0.4 is 5.32 Å². The lowest BCUT2D eigenvalue weighted by atomic mass is 10.0. The fourth-order valence-electron chi connectivity index (χ4n) is 2.49. The summed E-state index contributed by atoms with van der Waals surface area (Å²) in [5.74, 6) is -0.914. The van der Waals surface area contributed by atoms with E-state index in [1.54, 1.807) is 24.5 Å². The zero-order valence-corrected chi connectivity index (χ0v) is 12.8. The van der Waals surface area contributed by atoms with Crippen LogP contribution in [0.15, 0.2) is 30.6 Å². The summed E-state index contributed by atoms with van der Waals surface area (Å²) < 4.78 is 38.5. The zero-order chi connectivity index (χ0) is 17.3. The van der Waals surface area contributed by atoms with Gasteiger partial charge in [0.2, 0.25) is 5.82 Å². The maximum atomic E-state index is 12.8. The first kappa shape index (κ1) is 16.4. The molecule has 0 aliphatic heterocycles. The second-order valence-corrected chi connectivity index (χ2v) is 5.79. The molecule has 8 heteroatoms. The standard InChI is InChI=1S/C16H15F3N4O/c1-9-8-12(16(17,18)19)22-14(21-9)15(24)23-13(10-2-3-10)11-4-6-20-7-5-11/h4-8,10,13H,2-3H2,1H3,(H,23,24)/t13-/m0/s1. The van der Waals surface area contributed by atoms with Crippen molar-refractivity contribution in [2.45, 2.75) is 32.0 Å². The topological polar surface area (TPSA) is 67.8 Å². The molecule has 1 aliphatic carbocycles. The van der Waals surface area contributed by atoms with Crippen LogP contribution in [0, 0.1) is 12.8 Å². The average Bonchev–Trinajstić information content (AvgIpc) is 3.36. The van der Waals surface area contributed by atoms with Gasteiger partial charge in [0.15, 0.2) is 0 Å². The molecule has 1 aliphatic rings. The molecule has 0 bridgehead atoms. The minimum atomic E-state index is -4.62. The molecule has 1 saturated carbocycles. The predicted octanol–water partition coefficient (Wildman–Crippen LogP) is 3.08. The summed E-state index contributed by atoms with van der Waals surface area (Å²) in [6.07, 6.45) is 0.513. The highest BCUT2D eigenvalue weighted by atomic mass is 19.4. The third-order valence-electron chi connectivity index (χ3n) is 3.79. The second kappa shape index (κ2) is 6.18. The number of aromatic nitrogens is 3. The van der Waals surface area contributed by atoms with E-state index < -0.39 is 23.6 Å². The summed E-state index contributed by atoms with van der Waals surface area (Å²) in [7, 11) is 0. The van der Waals surface area contributed by atoms with E-state index >= 15 is 0 Å². The Morgan fingerprint density at radius 2 is 1.92 bits per heavy atom. The van der Waals surface area contributed by atoms with Gasteiger partial charge in [0.05, 0.1) is 6.04 Å². The molecule has 2 aromatic heterocycles. The third kappa shape index (κ3) is 3.69. The Morgan fingerprint density at radius 3 is 2.50 bits per heavy atom. The molecule has 1 amide bonds. The fraction of sp³-hybridized carbons (Fsp3) is 0.375. The number of hydrogen-bond acceptors (Lipinski definition) is 4. The molecule has 1 N–H and O–H groups in total. The molecule has 3 rings (SSSR count). The van der Waals surface area contributed by atoms with E-state index in [0.717, 1.165) is 24.5 Å². The van der Waals surface area contributed by atoms with Crippen molar-refractivity contribution in [2.24, 2.45) is 5.92 Å². The van der Waals surface area contributed by atoms with Crippen molar-refractivity contribution in [2.75, 3.05) is 0 Å². The van der Waals surface area contributed by atoms with E-state index in [0.29, 0.717) is 0 Å². The lowest BCUT2D eigenvalue weighted by Gasteiger charge is -2.18. The first-order valence-electron chi connectivity index (χ1n) is 7.48. The minimum Gasteiger partial charge on any atom is -0.342 e. The predicted molar refractivity (Wildman–Crippen MR) is 78.9 cm³/mol. The van der Waals surface area contributed by atoms with Crippen LogP contribution in [-0.4, -0.2) is 20.9 Å². The summed E-state index contributed by atoms with van der Waals surface area (Å²) in [6, 6.07) is 4.10. The van der Waals surface area contributed by atoms with Crippen LogP contribution in [0.3, 0.4) is 0 Å². The number of halogens is 3. The van der Waals surface area contributed by atoms with Gasteiger partial charge < -0.3 is 5.32 Å². The highest BCUT2D eigenvalue weighted by Crippen LogP contribution is 2.41. The van der Waals surface area contributed by atoms with Gasteiger partial charge in [0.25, 0.3) is 5.91 Å². The highest BCUT2D eigenvalue weighted by molar-refractivity contribution is 5.90. The van der Waals surface area contributed by atoms with Gasteiger partial charge in [-0.3, -0.25) is 9.78 Å².